The fourth-order valence-electron chi connectivity index (χ4n) is 2.61. The van der Waals surface area contributed by atoms with Crippen LogP contribution >= 0.6 is 0 Å². The van der Waals surface area contributed by atoms with Crippen LogP contribution in [0.5, 0.6) is 5.75 Å². The Morgan fingerprint density at radius 2 is 1.70 bits per heavy atom. The molecule has 5 heteroatoms. The van der Waals surface area contributed by atoms with Gasteiger partial charge in [-0.3, -0.25) is 4.79 Å². The van der Waals surface area contributed by atoms with Gasteiger partial charge >= 0.3 is 5.97 Å². The summed E-state index contributed by atoms with van der Waals surface area (Å²) in [5, 5.41) is 2.81. The Morgan fingerprint density at radius 1 is 1.04 bits per heavy atom. The van der Waals surface area contributed by atoms with Gasteiger partial charge < -0.3 is 14.8 Å². The highest BCUT2D eigenvalue weighted by atomic mass is 16.5. The quantitative estimate of drug-likeness (QED) is 0.719. The topological polar surface area (TPSA) is 64.6 Å². The first kappa shape index (κ1) is 20.5. The van der Waals surface area contributed by atoms with E-state index in [9.17, 15) is 9.59 Å². The van der Waals surface area contributed by atoms with Gasteiger partial charge in [0.15, 0.2) is 6.10 Å². The smallest absolute Gasteiger partial charge is 0.338 e. The van der Waals surface area contributed by atoms with Crippen molar-refractivity contribution in [1.29, 1.82) is 0 Å². The standard InChI is InChI=1S/C22H27NO4/c1-6-26-22(25)17-8-10-18(11-9-17)23-21(24)16(5)27-20-13-15(4)7-12-19(20)14(2)3/h7-14,16H,6H2,1-5H3,(H,23,24). The maximum atomic E-state index is 12.5. The van der Waals surface area contributed by atoms with Crippen molar-refractivity contribution < 1.29 is 19.1 Å². The normalized spacial score (nSPS) is 11.8. The van der Waals surface area contributed by atoms with Crippen LogP contribution < -0.4 is 10.1 Å². The molecule has 0 radical (unpaired) electrons. The van der Waals surface area contributed by atoms with E-state index in [1.54, 1.807) is 38.1 Å². The zero-order valence-corrected chi connectivity index (χ0v) is 16.5. The van der Waals surface area contributed by atoms with E-state index in [2.05, 4.69) is 19.2 Å². The van der Waals surface area contributed by atoms with Crippen molar-refractivity contribution in [3.63, 3.8) is 0 Å². The fourth-order valence-corrected chi connectivity index (χ4v) is 2.61. The third kappa shape index (κ3) is 5.58. The first-order chi connectivity index (χ1) is 12.8. The third-order valence-electron chi connectivity index (χ3n) is 4.13. The SMILES string of the molecule is CCOC(=O)c1ccc(NC(=O)C(C)Oc2cc(C)ccc2C(C)C)cc1. The molecule has 0 fully saturated rings. The molecule has 2 aromatic carbocycles. The molecule has 0 aliphatic heterocycles. The summed E-state index contributed by atoms with van der Waals surface area (Å²) >= 11 is 0. The minimum absolute atomic E-state index is 0.255. The zero-order valence-electron chi connectivity index (χ0n) is 16.5. The van der Waals surface area contributed by atoms with Gasteiger partial charge in [0.25, 0.3) is 5.91 Å². The monoisotopic (exact) mass is 369 g/mol. The lowest BCUT2D eigenvalue weighted by atomic mass is 10.0. The second kappa shape index (κ2) is 9.21. The Hall–Kier alpha value is -2.82. The average Bonchev–Trinajstić information content (AvgIpc) is 2.62. The number of aryl methyl sites for hydroxylation is 1. The number of carbonyl (C=O) groups excluding carboxylic acids is 2. The van der Waals surface area contributed by atoms with Crippen LogP contribution in [0.4, 0.5) is 5.69 Å². The number of nitrogens with one attached hydrogen (secondary N) is 1. The van der Waals surface area contributed by atoms with Crippen LogP contribution in [0.15, 0.2) is 42.5 Å². The average molecular weight is 369 g/mol. The summed E-state index contributed by atoms with van der Waals surface area (Å²) in [7, 11) is 0. The summed E-state index contributed by atoms with van der Waals surface area (Å²) in [5.41, 5.74) is 3.19. The van der Waals surface area contributed by atoms with Crippen molar-refractivity contribution in [3.8, 4) is 5.75 Å². The lowest BCUT2D eigenvalue weighted by Crippen LogP contribution is -2.30. The predicted molar refractivity (Wildman–Crippen MR) is 106 cm³/mol. The van der Waals surface area contributed by atoms with Gasteiger partial charge in [-0.05, 0) is 68.1 Å². The lowest BCUT2D eigenvalue weighted by Gasteiger charge is -2.19. The number of amides is 1. The van der Waals surface area contributed by atoms with Crippen LogP contribution in [0, 0.1) is 6.92 Å². The van der Waals surface area contributed by atoms with Gasteiger partial charge in [-0.1, -0.05) is 26.0 Å². The summed E-state index contributed by atoms with van der Waals surface area (Å²) < 4.78 is 10.9. The highest BCUT2D eigenvalue weighted by Crippen LogP contribution is 2.28. The third-order valence-corrected chi connectivity index (χ3v) is 4.13. The highest BCUT2D eigenvalue weighted by Gasteiger charge is 2.18. The second-order valence-electron chi connectivity index (χ2n) is 6.74. The van der Waals surface area contributed by atoms with E-state index in [-0.39, 0.29) is 11.9 Å². The van der Waals surface area contributed by atoms with E-state index in [4.69, 9.17) is 9.47 Å². The molecule has 1 N–H and O–H groups in total. The van der Waals surface area contributed by atoms with Crippen LogP contribution in [-0.4, -0.2) is 24.6 Å². The number of benzene rings is 2. The number of hydrogen-bond acceptors (Lipinski definition) is 4. The summed E-state index contributed by atoms with van der Waals surface area (Å²) in [6.07, 6.45) is -0.658. The van der Waals surface area contributed by atoms with Gasteiger partial charge in [0, 0.05) is 5.69 Å². The zero-order chi connectivity index (χ0) is 20.0. The maximum absolute atomic E-state index is 12.5. The van der Waals surface area contributed by atoms with Crippen LogP contribution in [0.2, 0.25) is 0 Å². The predicted octanol–water partition coefficient (Wildman–Crippen LogP) is 4.70. The molecule has 0 aromatic heterocycles. The molecule has 144 valence electrons. The molecule has 0 aliphatic rings. The van der Waals surface area contributed by atoms with Crippen LogP contribution in [0.25, 0.3) is 0 Å². The minimum atomic E-state index is -0.658. The molecule has 0 saturated carbocycles. The largest absolute Gasteiger partial charge is 0.481 e. The summed E-state index contributed by atoms with van der Waals surface area (Å²) in [5.74, 6) is 0.388. The molecular formula is C22H27NO4. The molecular weight excluding hydrogens is 342 g/mol. The molecule has 27 heavy (non-hydrogen) atoms. The van der Waals surface area contributed by atoms with E-state index >= 15 is 0 Å². The Morgan fingerprint density at radius 3 is 2.30 bits per heavy atom. The molecule has 2 aromatic rings. The molecule has 1 amide bonds. The van der Waals surface area contributed by atoms with E-state index in [0.717, 1.165) is 16.9 Å². The van der Waals surface area contributed by atoms with Crippen molar-refractivity contribution in [1.82, 2.24) is 0 Å². The molecule has 1 atom stereocenters. The fraction of sp³-hybridized carbons (Fsp3) is 0.364. The summed E-state index contributed by atoms with van der Waals surface area (Å²) in [6.45, 7) is 9.97. The molecule has 0 aliphatic carbocycles. The molecule has 0 heterocycles. The Kier molecular flexibility index (Phi) is 6.99. The van der Waals surface area contributed by atoms with Crippen molar-refractivity contribution in [3.05, 3.63) is 59.2 Å². The number of hydrogen-bond donors (Lipinski definition) is 1. The molecule has 1 unspecified atom stereocenters. The van der Waals surface area contributed by atoms with Gasteiger partial charge in [0.2, 0.25) is 0 Å². The maximum Gasteiger partial charge on any atom is 0.338 e. The van der Waals surface area contributed by atoms with Crippen LogP contribution in [-0.2, 0) is 9.53 Å². The van der Waals surface area contributed by atoms with Gasteiger partial charge in [-0.15, -0.1) is 0 Å². The molecule has 5 nitrogen and oxygen atoms in total. The van der Waals surface area contributed by atoms with Gasteiger partial charge in [0.1, 0.15) is 5.75 Å². The van der Waals surface area contributed by atoms with Crippen molar-refractivity contribution in [2.45, 2.75) is 46.6 Å². The van der Waals surface area contributed by atoms with E-state index in [1.165, 1.54) is 0 Å². The number of ether oxygens (including phenoxy) is 2. The second-order valence-corrected chi connectivity index (χ2v) is 6.74. The number of rotatable bonds is 7. The Labute approximate surface area is 160 Å². The number of esters is 1. The lowest BCUT2D eigenvalue weighted by molar-refractivity contribution is -0.122. The molecule has 0 bridgehead atoms. The van der Waals surface area contributed by atoms with Crippen molar-refractivity contribution in [2.24, 2.45) is 0 Å². The Balaban J connectivity index is 2.04. The molecule has 0 spiro atoms. The summed E-state index contributed by atoms with van der Waals surface area (Å²) in [6, 6.07) is 12.6. The van der Waals surface area contributed by atoms with E-state index in [1.807, 2.05) is 25.1 Å². The van der Waals surface area contributed by atoms with E-state index < -0.39 is 6.10 Å². The van der Waals surface area contributed by atoms with Crippen LogP contribution in [0.1, 0.15) is 55.1 Å². The van der Waals surface area contributed by atoms with Crippen molar-refractivity contribution >= 4 is 17.6 Å². The van der Waals surface area contributed by atoms with Crippen LogP contribution in [0.3, 0.4) is 0 Å². The first-order valence-electron chi connectivity index (χ1n) is 9.17. The van der Waals surface area contributed by atoms with Crippen molar-refractivity contribution in [2.75, 3.05) is 11.9 Å². The highest BCUT2D eigenvalue weighted by molar-refractivity contribution is 5.95. The molecule has 2 rings (SSSR count). The molecule has 0 saturated heterocycles. The van der Waals surface area contributed by atoms with Gasteiger partial charge in [0.05, 0.1) is 12.2 Å². The minimum Gasteiger partial charge on any atom is -0.481 e. The van der Waals surface area contributed by atoms with E-state index in [0.29, 0.717) is 23.8 Å². The van der Waals surface area contributed by atoms with Gasteiger partial charge in [-0.25, -0.2) is 4.79 Å². The number of carbonyl (C=O) groups is 2. The number of anilines is 1. The van der Waals surface area contributed by atoms with Gasteiger partial charge in [-0.2, -0.15) is 0 Å². The Bertz CT molecular complexity index is 796. The first-order valence-corrected chi connectivity index (χ1v) is 9.17. The summed E-state index contributed by atoms with van der Waals surface area (Å²) in [4.78, 5) is 24.2.